The number of aliphatic hydroxyl groups excluding tert-OH is 3. The fraction of sp³-hybridized carbons (Fsp3) is 0.476. The van der Waals surface area contributed by atoms with E-state index < -0.39 is 18.9 Å². The molecule has 572 valence electrons. The van der Waals surface area contributed by atoms with Gasteiger partial charge < -0.3 is 86.9 Å². The smallest absolute Gasteiger partial charge is 0.288 e. The van der Waals surface area contributed by atoms with E-state index in [9.17, 15) is 14.4 Å². The highest BCUT2D eigenvalue weighted by Gasteiger charge is 2.37. The first-order valence-corrected chi connectivity index (χ1v) is 38.7. The van der Waals surface area contributed by atoms with Gasteiger partial charge >= 0.3 is 0 Å². The van der Waals surface area contributed by atoms with E-state index in [0.717, 1.165) is 124 Å². The summed E-state index contributed by atoms with van der Waals surface area (Å²) in [4.78, 5) is 52.9. The van der Waals surface area contributed by atoms with Gasteiger partial charge in [0.1, 0.15) is 0 Å². The van der Waals surface area contributed by atoms with Crippen LogP contribution in [-0.2, 0) is 62.4 Å². The van der Waals surface area contributed by atoms with Gasteiger partial charge in [-0.05, 0) is 143 Å². The highest BCUT2D eigenvalue weighted by atomic mass is 32.1. The van der Waals surface area contributed by atoms with Crippen LogP contribution < -0.4 is 28.4 Å². The first-order chi connectivity index (χ1) is 52.6. The lowest BCUT2D eigenvalue weighted by Crippen LogP contribution is -2.49. The molecule has 1 aromatic heterocycles. The maximum atomic E-state index is 13.4. The SMILES string of the molecule is O=C(C1=C[C@H](c2ccccc2)C[C@H](OCCCCO)O1)N1CCN(Cc2ccc3c(c2)OCO3)CC1.O=C(C1=C[C@H](c2ccccc2)C[C@H](OCCCCO)O1)N1CCN(Cc2ccc3c(c2)OCO3)CC1.O=C(C1=C[C@H](c2ccsc2)C[C@H](OCCCCO)O1)N1CCN(Cc2ccc3c(c2)OCO3)CC1. The van der Waals surface area contributed by atoms with Gasteiger partial charge in [0.25, 0.3) is 17.7 Å². The Morgan fingerprint density at radius 3 is 1.00 bits per heavy atom. The molecule has 6 aromatic rings. The molecular formula is C82H100N6O18S. The number of hydrogen-bond donors (Lipinski definition) is 3. The van der Waals surface area contributed by atoms with E-state index in [0.29, 0.717) is 115 Å². The van der Waals surface area contributed by atoms with Crippen LogP contribution in [0.1, 0.15) is 109 Å². The lowest BCUT2D eigenvalue weighted by molar-refractivity contribution is -0.154. The van der Waals surface area contributed by atoms with Crippen molar-refractivity contribution in [2.45, 2.75) is 114 Å². The number of aliphatic hydroxyl groups is 3. The molecule has 0 aliphatic carbocycles. The van der Waals surface area contributed by atoms with Crippen molar-refractivity contribution in [3.05, 3.63) is 201 Å². The van der Waals surface area contributed by atoms with Crippen LogP contribution in [0.15, 0.2) is 168 Å². The molecule has 107 heavy (non-hydrogen) atoms. The summed E-state index contributed by atoms with van der Waals surface area (Å²) in [5, 5.41) is 31.2. The lowest BCUT2D eigenvalue weighted by Gasteiger charge is -2.36. The molecule has 9 aliphatic heterocycles. The Balaban J connectivity index is 0.000000142. The summed E-state index contributed by atoms with van der Waals surface area (Å²) >= 11 is 1.65. The molecule has 3 amide bonds. The second-order valence-corrected chi connectivity index (χ2v) is 28.6. The van der Waals surface area contributed by atoms with Gasteiger partial charge in [0.05, 0.1) is 19.8 Å². The normalized spacial score (nSPS) is 21.8. The monoisotopic (exact) mass is 1490 g/mol. The minimum absolute atomic E-state index is 0.0500. The molecule has 0 bridgehead atoms. The summed E-state index contributed by atoms with van der Waals surface area (Å²) in [7, 11) is 0. The number of thiophene rings is 1. The zero-order valence-electron chi connectivity index (χ0n) is 60.8. The van der Waals surface area contributed by atoms with Gasteiger partial charge in [-0.15, -0.1) is 0 Å². The third-order valence-corrected chi connectivity index (χ3v) is 21.0. The molecule has 24 nitrogen and oxygen atoms in total. The van der Waals surface area contributed by atoms with Crippen LogP contribution in [0.5, 0.6) is 34.5 Å². The Hall–Kier alpha value is -8.73. The maximum absolute atomic E-state index is 13.4. The minimum Gasteiger partial charge on any atom is -0.459 e. The predicted octanol–water partition coefficient (Wildman–Crippen LogP) is 9.85. The van der Waals surface area contributed by atoms with Crippen LogP contribution in [0.3, 0.4) is 0 Å². The van der Waals surface area contributed by atoms with E-state index in [4.69, 9.17) is 72.2 Å². The molecule has 0 spiro atoms. The van der Waals surface area contributed by atoms with E-state index in [2.05, 4.69) is 74.0 Å². The van der Waals surface area contributed by atoms with Crippen LogP contribution in [0.2, 0.25) is 0 Å². The highest BCUT2D eigenvalue weighted by molar-refractivity contribution is 7.08. The number of amides is 3. The van der Waals surface area contributed by atoms with E-state index in [1.807, 2.05) is 106 Å². The quantitative estimate of drug-likeness (QED) is 0.0406. The molecule has 9 aliphatic rings. The number of carbonyl (C=O) groups is 3. The zero-order valence-corrected chi connectivity index (χ0v) is 61.6. The lowest BCUT2D eigenvalue weighted by atomic mass is 9.93. The summed E-state index contributed by atoms with van der Waals surface area (Å²) in [6.45, 7) is 13.8. The van der Waals surface area contributed by atoms with Crippen molar-refractivity contribution in [2.24, 2.45) is 0 Å². The number of unbranched alkanes of at least 4 members (excludes halogenated alkanes) is 3. The zero-order chi connectivity index (χ0) is 73.5. The summed E-state index contributed by atoms with van der Waals surface area (Å²) in [5.41, 5.74) is 6.98. The van der Waals surface area contributed by atoms with Crippen LogP contribution in [0.4, 0.5) is 0 Å². The van der Waals surface area contributed by atoms with Crippen LogP contribution in [0.25, 0.3) is 0 Å². The van der Waals surface area contributed by atoms with Gasteiger partial charge in [-0.3, -0.25) is 29.1 Å². The van der Waals surface area contributed by atoms with Crippen molar-refractivity contribution in [1.82, 2.24) is 29.4 Å². The summed E-state index contributed by atoms with van der Waals surface area (Å²) < 4.78 is 68.6. The van der Waals surface area contributed by atoms with Gasteiger partial charge in [0, 0.05) is 155 Å². The van der Waals surface area contributed by atoms with Crippen molar-refractivity contribution in [3.63, 3.8) is 0 Å². The van der Waals surface area contributed by atoms with Gasteiger partial charge in [0.15, 0.2) is 51.8 Å². The molecule has 5 aromatic carbocycles. The number of fused-ring (bicyclic) bond motifs is 3. The van der Waals surface area contributed by atoms with E-state index in [-0.39, 0.29) is 75.7 Å². The number of carbonyl (C=O) groups excluding carboxylic acids is 3. The van der Waals surface area contributed by atoms with Crippen molar-refractivity contribution >= 4 is 29.1 Å². The van der Waals surface area contributed by atoms with Crippen LogP contribution in [0, 0.1) is 0 Å². The maximum Gasteiger partial charge on any atom is 0.288 e. The van der Waals surface area contributed by atoms with Crippen molar-refractivity contribution < 1.29 is 86.5 Å². The first-order valence-electron chi connectivity index (χ1n) is 37.7. The fourth-order valence-corrected chi connectivity index (χ4v) is 15.0. The number of ether oxygens (including phenoxy) is 12. The number of piperazine rings is 3. The van der Waals surface area contributed by atoms with Gasteiger partial charge in [-0.2, -0.15) is 11.3 Å². The molecule has 3 N–H and O–H groups in total. The minimum atomic E-state index is -0.481. The number of hydrogen-bond acceptors (Lipinski definition) is 22. The van der Waals surface area contributed by atoms with Gasteiger partial charge in [0.2, 0.25) is 39.2 Å². The van der Waals surface area contributed by atoms with E-state index in [1.54, 1.807) is 11.3 Å². The standard InChI is InChI=1S/2C28H34N2O6.C26H32N2O6S/c2*31-14-4-5-15-33-27-18-23(22-6-2-1-3-7-22)17-26(36-27)28(32)30-12-10-29(11-13-30)19-21-8-9-24-25(16-21)35-20-34-24;29-10-1-2-11-31-25-15-21(20-5-12-35-17-20)14-24(34-25)26(30)28-8-6-27(7-9-28)16-19-3-4-22-23(13-19)33-18-32-22/h2*1-3,6-9,16-17,23,27,31H,4-5,10-15,18-20H2;3-5,12-14,17,21,25,29H,1-2,6-11,15-16,18H2/t2*23-,27+;21-,25+/m000/s1. The Kier molecular flexibility index (Phi) is 27.8. The van der Waals surface area contributed by atoms with Crippen molar-refractivity contribution in [1.29, 1.82) is 0 Å². The Bertz CT molecular complexity index is 3750. The largest absolute Gasteiger partial charge is 0.459 e. The van der Waals surface area contributed by atoms with Crippen molar-refractivity contribution in [3.8, 4) is 34.5 Å². The van der Waals surface area contributed by atoms with Crippen LogP contribution in [-0.4, -0.2) is 220 Å². The molecule has 3 fully saturated rings. The van der Waals surface area contributed by atoms with Gasteiger partial charge in [-0.25, -0.2) is 0 Å². The Labute approximate surface area is 630 Å². The Morgan fingerprint density at radius 1 is 0.374 bits per heavy atom. The predicted molar refractivity (Wildman–Crippen MR) is 398 cm³/mol. The summed E-state index contributed by atoms with van der Waals surface area (Å²) in [6, 6.07) is 40.6. The average Bonchev–Trinajstić information content (AvgIpc) is 1.65. The molecule has 15 rings (SSSR count). The molecule has 0 unspecified atom stereocenters. The molecule has 3 saturated heterocycles. The molecule has 10 heterocycles. The molecular weight excluding hydrogens is 1390 g/mol. The molecule has 6 atom stereocenters. The first kappa shape index (κ1) is 76.5. The topological polar surface area (TPSA) is 242 Å². The second kappa shape index (κ2) is 38.9. The second-order valence-electron chi connectivity index (χ2n) is 27.8. The molecule has 0 saturated carbocycles. The average molecular weight is 1490 g/mol. The van der Waals surface area contributed by atoms with E-state index >= 15 is 0 Å². The Morgan fingerprint density at radius 2 is 0.692 bits per heavy atom. The molecule has 25 heteroatoms. The van der Waals surface area contributed by atoms with Crippen molar-refractivity contribution in [2.75, 3.05) is 139 Å². The number of benzene rings is 5. The van der Waals surface area contributed by atoms with Crippen LogP contribution >= 0.6 is 11.3 Å². The fourth-order valence-electron chi connectivity index (χ4n) is 14.3. The third kappa shape index (κ3) is 21.4. The number of nitrogens with zero attached hydrogens (tertiary/aromatic N) is 6. The highest BCUT2D eigenvalue weighted by Crippen LogP contribution is 2.39. The number of allylic oxidation sites excluding steroid dienone is 3. The summed E-state index contributed by atoms with van der Waals surface area (Å²) in [6.07, 6.45) is 10.8. The third-order valence-electron chi connectivity index (χ3n) is 20.3. The van der Waals surface area contributed by atoms with E-state index in [1.165, 1.54) is 22.3 Å². The number of rotatable bonds is 27. The molecule has 0 radical (unpaired) electrons. The van der Waals surface area contributed by atoms with Gasteiger partial charge in [-0.1, -0.05) is 78.9 Å². The summed E-state index contributed by atoms with van der Waals surface area (Å²) in [5.74, 6) is 5.83.